The number of aryl methyl sites for hydroxylation is 3. The number of hydrogen-bond acceptors (Lipinski definition) is 3. The predicted molar refractivity (Wildman–Crippen MR) is 86.0 cm³/mol. The highest BCUT2D eigenvalue weighted by molar-refractivity contribution is 5.90. The lowest BCUT2D eigenvalue weighted by Gasteiger charge is -2.08. The molecule has 0 bridgehead atoms. The van der Waals surface area contributed by atoms with Gasteiger partial charge in [-0.25, -0.2) is 0 Å². The highest BCUT2D eigenvalue weighted by Crippen LogP contribution is 2.16. The van der Waals surface area contributed by atoms with Gasteiger partial charge in [-0.15, -0.1) is 0 Å². The minimum absolute atomic E-state index is 0.00767. The summed E-state index contributed by atoms with van der Waals surface area (Å²) >= 11 is 0. The zero-order valence-corrected chi connectivity index (χ0v) is 12.6. The Morgan fingerprint density at radius 2 is 1.82 bits per heavy atom. The molecular formula is C17H18N2O3. The third kappa shape index (κ3) is 4.15. The minimum Gasteiger partial charge on any atom is -0.326 e. The van der Waals surface area contributed by atoms with Gasteiger partial charge in [0.1, 0.15) is 0 Å². The second-order valence-corrected chi connectivity index (χ2v) is 5.28. The van der Waals surface area contributed by atoms with Crippen LogP contribution in [0, 0.1) is 24.0 Å². The number of nitrogens with zero attached hydrogens (tertiary/aromatic N) is 1. The summed E-state index contributed by atoms with van der Waals surface area (Å²) in [6.07, 6.45) is 1.05. The summed E-state index contributed by atoms with van der Waals surface area (Å²) in [5, 5.41) is 13.3. The third-order valence-corrected chi connectivity index (χ3v) is 3.48. The largest absolute Gasteiger partial charge is 0.326 e. The van der Waals surface area contributed by atoms with E-state index in [2.05, 4.69) is 11.4 Å². The monoisotopic (exact) mass is 298 g/mol. The zero-order chi connectivity index (χ0) is 16.1. The molecule has 114 valence electrons. The lowest BCUT2D eigenvalue weighted by atomic mass is 10.0. The summed E-state index contributed by atoms with van der Waals surface area (Å²) in [6.45, 7) is 4.08. The Labute approximate surface area is 129 Å². The molecule has 0 aliphatic carbocycles. The molecule has 0 unspecified atom stereocenters. The number of anilines is 1. The van der Waals surface area contributed by atoms with Crippen LogP contribution in [0.3, 0.4) is 0 Å². The molecule has 0 atom stereocenters. The van der Waals surface area contributed by atoms with Crippen molar-refractivity contribution in [3.63, 3.8) is 0 Å². The number of carbonyl (C=O) groups excluding carboxylic acids is 1. The molecule has 22 heavy (non-hydrogen) atoms. The summed E-state index contributed by atoms with van der Waals surface area (Å²) in [6, 6.07) is 12.0. The number of amides is 1. The van der Waals surface area contributed by atoms with E-state index < -0.39 is 4.92 Å². The number of nitro benzene ring substituents is 1. The fraction of sp³-hybridized carbons (Fsp3) is 0.235. The van der Waals surface area contributed by atoms with Crippen LogP contribution in [0.5, 0.6) is 0 Å². The normalized spacial score (nSPS) is 10.3. The summed E-state index contributed by atoms with van der Waals surface area (Å²) in [4.78, 5) is 22.0. The predicted octanol–water partition coefficient (Wildman–Crippen LogP) is 3.78. The Bertz CT molecular complexity index is 694. The van der Waals surface area contributed by atoms with Crippen molar-refractivity contribution in [1.82, 2.24) is 0 Å². The maximum Gasteiger partial charge on any atom is 0.269 e. The van der Waals surface area contributed by atoms with Gasteiger partial charge in [0.05, 0.1) is 4.92 Å². The fourth-order valence-electron chi connectivity index (χ4n) is 2.26. The number of carbonyl (C=O) groups is 1. The first kappa shape index (κ1) is 15.7. The molecule has 2 aromatic rings. The van der Waals surface area contributed by atoms with Crippen molar-refractivity contribution in [3.8, 4) is 0 Å². The van der Waals surface area contributed by atoms with E-state index in [9.17, 15) is 14.9 Å². The first-order chi connectivity index (χ1) is 10.5. The number of non-ortho nitro benzene ring substituents is 1. The molecule has 0 aliphatic heterocycles. The second-order valence-electron chi connectivity index (χ2n) is 5.28. The average Bonchev–Trinajstić information content (AvgIpc) is 2.47. The van der Waals surface area contributed by atoms with Crippen LogP contribution >= 0.6 is 0 Å². The molecule has 1 amide bonds. The van der Waals surface area contributed by atoms with Gasteiger partial charge in [-0.2, -0.15) is 0 Å². The highest BCUT2D eigenvalue weighted by Gasteiger charge is 2.07. The van der Waals surface area contributed by atoms with Gasteiger partial charge < -0.3 is 5.32 Å². The topological polar surface area (TPSA) is 72.2 Å². The van der Waals surface area contributed by atoms with Gasteiger partial charge in [-0.1, -0.05) is 23.8 Å². The van der Waals surface area contributed by atoms with Crippen LogP contribution in [-0.4, -0.2) is 10.8 Å². The molecule has 0 spiro atoms. The van der Waals surface area contributed by atoms with Crippen molar-refractivity contribution < 1.29 is 9.72 Å². The Morgan fingerprint density at radius 1 is 1.14 bits per heavy atom. The molecular weight excluding hydrogens is 280 g/mol. The van der Waals surface area contributed by atoms with Crippen molar-refractivity contribution in [1.29, 1.82) is 0 Å². The van der Waals surface area contributed by atoms with E-state index in [1.54, 1.807) is 0 Å². The average molecular weight is 298 g/mol. The van der Waals surface area contributed by atoms with Crippen molar-refractivity contribution >= 4 is 17.3 Å². The first-order valence-electron chi connectivity index (χ1n) is 7.06. The van der Waals surface area contributed by atoms with Crippen LogP contribution in [0.2, 0.25) is 0 Å². The van der Waals surface area contributed by atoms with Gasteiger partial charge in [-0.3, -0.25) is 14.9 Å². The molecule has 0 saturated carbocycles. The van der Waals surface area contributed by atoms with Crippen LogP contribution in [-0.2, 0) is 11.2 Å². The number of nitrogens with one attached hydrogen (secondary N) is 1. The van der Waals surface area contributed by atoms with E-state index in [0.717, 1.165) is 5.56 Å². The van der Waals surface area contributed by atoms with Crippen LogP contribution in [0.4, 0.5) is 11.4 Å². The zero-order valence-electron chi connectivity index (χ0n) is 12.6. The molecule has 0 aliphatic rings. The summed E-state index contributed by atoms with van der Waals surface area (Å²) in [5.41, 5.74) is 4.12. The maximum atomic E-state index is 11.9. The second kappa shape index (κ2) is 6.85. The van der Waals surface area contributed by atoms with E-state index in [1.165, 1.54) is 35.4 Å². The molecule has 5 heteroatoms. The molecule has 1 N–H and O–H groups in total. The number of nitro groups is 1. The van der Waals surface area contributed by atoms with Crippen LogP contribution < -0.4 is 5.32 Å². The molecule has 2 rings (SSSR count). The van der Waals surface area contributed by atoms with Crippen molar-refractivity contribution in [2.45, 2.75) is 26.7 Å². The van der Waals surface area contributed by atoms with Crippen LogP contribution in [0.1, 0.15) is 23.1 Å². The molecule has 0 radical (unpaired) electrons. The van der Waals surface area contributed by atoms with Gasteiger partial charge in [0.15, 0.2) is 0 Å². The van der Waals surface area contributed by atoms with E-state index >= 15 is 0 Å². The van der Waals surface area contributed by atoms with E-state index in [0.29, 0.717) is 18.5 Å². The number of benzene rings is 2. The molecule has 0 saturated heterocycles. The van der Waals surface area contributed by atoms with E-state index in [4.69, 9.17) is 0 Å². The van der Waals surface area contributed by atoms with Crippen molar-refractivity contribution in [2.24, 2.45) is 0 Å². The molecule has 5 nitrogen and oxygen atoms in total. The molecule has 0 heterocycles. The molecule has 0 aromatic heterocycles. The smallest absolute Gasteiger partial charge is 0.269 e. The van der Waals surface area contributed by atoms with Gasteiger partial charge in [-0.05, 0) is 43.5 Å². The van der Waals surface area contributed by atoms with Gasteiger partial charge in [0.25, 0.3) is 5.69 Å². The first-order valence-corrected chi connectivity index (χ1v) is 7.06. The lowest BCUT2D eigenvalue weighted by molar-refractivity contribution is -0.384. The molecule has 0 fully saturated rings. The van der Waals surface area contributed by atoms with Gasteiger partial charge in [0, 0.05) is 24.2 Å². The van der Waals surface area contributed by atoms with Crippen LogP contribution in [0.15, 0.2) is 42.5 Å². The van der Waals surface area contributed by atoms with E-state index in [1.807, 2.05) is 26.0 Å². The van der Waals surface area contributed by atoms with Gasteiger partial charge in [0.2, 0.25) is 5.91 Å². The highest BCUT2D eigenvalue weighted by atomic mass is 16.6. The van der Waals surface area contributed by atoms with Crippen molar-refractivity contribution in [2.75, 3.05) is 5.32 Å². The Morgan fingerprint density at radius 3 is 2.41 bits per heavy atom. The van der Waals surface area contributed by atoms with Gasteiger partial charge >= 0.3 is 0 Å². The quantitative estimate of drug-likeness (QED) is 0.674. The number of hydrogen-bond donors (Lipinski definition) is 1. The minimum atomic E-state index is -0.466. The summed E-state index contributed by atoms with van der Waals surface area (Å²) in [7, 11) is 0. The van der Waals surface area contributed by atoms with Crippen molar-refractivity contribution in [3.05, 3.63) is 69.3 Å². The standard InChI is InChI=1S/C17H18N2O3/c1-12-3-4-14(13(2)11-12)5-10-17(20)18-15-6-8-16(9-7-15)19(21)22/h3-4,6-9,11H,5,10H2,1-2H3,(H,18,20). The Hall–Kier alpha value is -2.69. The molecule has 2 aromatic carbocycles. The third-order valence-electron chi connectivity index (χ3n) is 3.48. The fourth-order valence-corrected chi connectivity index (χ4v) is 2.26. The number of rotatable bonds is 5. The summed E-state index contributed by atoms with van der Waals surface area (Å²) in [5.74, 6) is -0.103. The summed E-state index contributed by atoms with van der Waals surface area (Å²) < 4.78 is 0. The van der Waals surface area contributed by atoms with E-state index in [-0.39, 0.29) is 11.6 Å². The van der Waals surface area contributed by atoms with Crippen LogP contribution in [0.25, 0.3) is 0 Å². The SMILES string of the molecule is Cc1ccc(CCC(=O)Nc2ccc([N+](=O)[O-])cc2)c(C)c1. The Kier molecular flexibility index (Phi) is 4.88. The maximum absolute atomic E-state index is 11.9. The Balaban J connectivity index is 1.91. The lowest BCUT2D eigenvalue weighted by Crippen LogP contribution is -2.12.